The molecule has 0 spiro atoms. The van der Waals surface area contributed by atoms with Crippen molar-refractivity contribution in [3.05, 3.63) is 12.2 Å². The molecule has 1 amide bonds. The minimum Gasteiger partial charge on any atom is -0.748 e. The molecule has 0 bridgehead atoms. The first-order valence-corrected chi connectivity index (χ1v) is 10.3. The summed E-state index contributed by atoms with van der Waals surface area (Å²) in [7, 11) is -4.47. The Kier molecular flexibility index (Phi) is 20.0. The molecular formula is C15H23K2NO8S2. The third kappa shape index (κ3) is 18.5. The molecule has 1 unspecified atom stereocenters. The van der Waals surface area contributed by atoms with Crippen molar-refractivity contribution in [2.45, 2.75) is 32.7 Å². The van der Waals surface area contributed by atoms with Gasteiger partial charge in [-0.25, -0.2) is 8.42 Å². The van der Waals surface area contributed by atoms with E-state index in [-0.39, 0.29) is 115 Å². The Hall–Kier alpha value is 1.68. The molecule has 1 N–H and O–H groups in total. The maximum absolute atomic E-state index is 12.0. The van der Waals surface area contributed by atoms with E-state index in [4.69, 9.17) is 4.74 Å². The molecule has 0 radical (unpaired) electrons. The van der Waals surface area contributed by atoms with Crippen LogP contribution in [-0.4, -0.2) is 60.2 Å². The van der Waals surface area contributed by atoms with Crippen molar-refractivity contribution in [1.82, 2.24) is 5.32 Å². The molecule has 9 nitrogen and oxygen atoms in total. The summed E-state index contributed by atoms with van der Waals surface area (Å²) in [6.07, 6.45) is 0.0270. The minimum absolute atomic E-state index is 0. The molecule has 0 aliphatic carbocycles. The summed E-state index contributed by atoms with van der Waals surface area (Å²) >= 11 is 1.30. The van der Waals surface area contributed by atoms with Crippen LogP contribution in [-0.2, 0) is 29.2 Å². The van der Waals surface area contributed by atoms with Crippen molar-refractivity contribution in [2.75, 3.05) is 23.9 Å². The largest absolute Gasteiger partial charge is 1.00 e. The fourth-order valence-corrected chi connectivity index (χ4v) is 3.66. The Morgan fingerprint density at radius 1 is 1.25 bits per heavy atom. The second-order valence-corrected chi connectivity index (χ2v) is 8.91. The number of carboxylic acid groups (broad SMARTS) is 1. The van der Waals surface area contributed by atoms with Gasteiger partial charge in [0.2, 0.25) is 5.91 Å². The average Bonchev–Trinajstić information content (AvgIpc) is 2.45. The molecule has 0 heterocycles. The van der Waals surface area contributed by atoms with Gasteiger partial charge in [0, 0.05) is 28.5 Å². The molecule has 0 fully saturated rings. The van der Waals surface area contributed by atoms with Crippen LogP contribution in [0, 0.1) is 5.92 Å². The normalized spacial score (nSPS) is 12.0. The van der Waals surface area contributed by atoms with Gasteiger partial charge in [0.15, 0.2) is 0 Å². The summed E-state index contributed by atoms with van der Waals surface area (Å²) < 4.78 is 37.1. The van der Waals surface area contributed by atoms with E-state index in [1.165, 1.54) is 25.6 Å². The molecule has 0 saturated heterocycles. The van der Waals surface area contributed by atoms with E-state index >= 15 is 0 Å². The third-order valence-corrected chi connectivity index (χ3v) is 5.26. The fourth-order valence-electron chi connectivity index (χ4n) is 1.72. The Morgan fingerprint density at radius 3 is 2.25 bits per heavy atom. The van der Waals surface area contributed by atoms with E-state index < -0.39 is 51.8 Å². The average molecular weight is 488 g/mol. The monoisotopic (exact) mass is 487 g/mol. The SMILES string of the molecule is C=C(COC(=O)CCSCC(C)C(=O)NC(C)(C)CS(=O)(=O)[O-])C(=O)[O-].[K+].[K+]. The smallest absolute Gasteiger partial charge is 0.748 e. The first kappa shape index (κ1) is 34.3. The molecule has 0 rings (SSSR count). The standard InChI is InChI=1S/C15H25NO8S2.2K/c1-10(14(19)20)7-24-12(17)5-6-25-8-11(2)13(18)16-15(3,4)9-26(21,22)23;;/h11H,1,5-9H2,2-4H3,(H,16,18)(H,19,20)(H,21,22,23);;/q;2*+1/p-2. The van der Waals surface area contributed by atoms with Gasteiger partial charge in [-0.2, -0.15) is 11.8 Å². The Labute approximate surface area is 255 Å². The number of carboxylic acids is 1. The maximum atomic E-state index is 12.0. The van der Waals surface area contributed by atoms with Crippen LogP contribution >= 0.6 is 11.8 Å². The van der Waals surface area contributed by atoms with Crippen LogP contribution in [0.25, 0.3) is 0 Å². The van der Waals surface area contributed by atoms with Crippen molar-refractivity contribution in [2.24, 2.45) is 5.92 Å². The molecule has 0 aromatic heterocycles. The van der Waals surface area contributed by atoms with Crippen molar-refractivity contribution >= 4 is 39.7 Å². The Balaban J connectivity index is -0.00000312. The number of rotatable bonds is 12. The van der Waals surface area contributed by atoms with Gasteiger partial charge in [-0.1, -0.05) is 13.5 Å². The number of esters is 1. The van der Waals surface area contributed by atoms with Gasteiger partial charge in [-0.15, -0.1) is 0 Å². The zero-order chi connectivity index (χ0) is 20.5. The molecule has 0 aliphatic heterocycles. The zero-order valence-corrected chi connectivity index (χ0v) is 24.8. The minimum atomic E-state index is -4.47. The number of hydrogen-bond acceptors (Lipinski definition) is 9. The van der Waals surface area contributed by atoms with Crippen LogP contribution in [0.3, 0.4) is 0 Å². The number of amides is 1. The quantitative estimate of drug-likeness (QED) is 0.0930. The molecule has 0 saturated carbocycles. The fraction of sp³-hybridized carbons (Fsp3) is 0.667. The van der Waals surface area contributed by atoms with Crippen molar-refractivity contribution in [3.63, 3.8) is 0 Å². The second-order valence-electron chi connectivity index (χ2n) is 6.35. The Bertz CT molecular complexity index is 652. The van der Waals surface area contributed by atoms with E-state index in [2.05, 4.69) is 11.9 Å². The van der Waals surface area contributed by atoms with E-state index in [0.717, 1.165) is 0 Å². The second kappa shape index (κ2) is 16.3. The van der Waals surface area contributed by atoms with Crippen LogP contribution in [0.2, 0.25) is 0 Å². The number of carbonyl (C=O) groups excluding carboxylic acids is 3. The van der Waals surface area contributed by atoms with Gasteiger partial charge < -0.3 is 24.5 Å². The van der Waals surface area contributed by atoms with E-state index in [1.54, 1.807) is 6.92 Å². The van der Waals surface area contributed by atoms with Crippen LogP contribution in [0.5, 0.6) is 0 Å². The summed E-state index contributed by atoms with van der Waals surface area (Å²) in [5.74, 6) is -2.95. The van der Waals surface area contributed by atoms with Gasteiger partial charge in [0.05, 0.1) is 28.3 Å². The van der Waals surface area contributed by atoms with Gasteiger partial charge in [-0.3, -0.25) is 9.59 Å². The summed E-state index contributed by atoms with van der Waals surface area (Å²) in [6.45, 7) is 7.24. The van der Waals surface area contributed by atoms with Crippen LogP contribution in [0.1, 0.15) is 27.2 Å². The van der Waals surface area contributed by atoms with E-state index in [1.807, 2.05) is 0 Å². The van der Waals surface area contributed by atoms with E-state index in [0.29, 0.717) is 11.5 Å². The Morgan fingerprint density at radius 2 is 1.79 bits per heavy atom. The summed E-state index contributed by atoms with van der Waals surface area (Å²) in [5, 5.41) is 12.9. The zero-order valence-electron chi connectivity index (χ0n) is 16.9. The number of thioether (sulfide) groups is 1. The van der Waals surface area contributed by atoms with Crippen LogP contribution in [0.4, 0.5) is 0 Å². The van der Waals surface area contributed by atoms with Crippen molar-refractivity contribution < 1.29 is 140 Å². The molecule has 1 atom stereocenters. The predicted octanol–water partition coefficient (Wildman–Crippen LogP) is -6.96. The first-order chi connectivity index (χ1) is 11.7. The molecule has 13 heteroatoms. The van der Waals surface area contributed by atoms with Crippen LogP contribution < -0.4 is 113 Å². The van der Waals surface area contributed by atoms with E-state index in [9.17, 15) is 32.5 Å². The summed E-state index contributed by atoms with van der Waals surface area (Å²) in [5.41, 5.74) is -1.51. The molecule has 0 aromatic rings. The number of hydrogen-bond donors (Lipinski definition) is 1. The summed E-state index contributed by atoms with van der Waals surface area (Å²) in [4.78, 5) is 33.8. The first-order valence-electron chi connectivity index (χ1n) is 7.61. The number of ether oxygens (including phenoxy) is 1. The summed E-state index contributed by atoms with van der Waals surface area (Å²) in [6, 6.07) is 0. The van der Waals surface area contributed by atoms with Gasteiger partial charge in [-0.05, 0) is 13.8 Å². The van der Waals surface area contributed by atoms with Gasteiger partial charge in [0.1, 0.15) is 6.61 Å². The van der Waals surface area contributed by atoms with Gasteiger partial charge >= 0.3 is 109 Å². The van der Waals surface area contributed by atoms with Crippen molar-refractivity contribution in [1.29, 1.82) is 0 Å². The maximum Gasteiger partial charge on any atom is 1.00 e. The number of nitrogens with one attached hydrogen (secondary N) is 1. The van der Waals surface area contributed by atoms with Crippen LogP contribution in [0.15, 0.2) is 12.2 Å². The number of aliphatic carboxylic acids is 1. The molecule has 0 aromatic carbocycles. The van der Waals surface area contributed by atoms with Gasteiger partial charge in [0.25, 0.3) is 0 Å². The molecule has 28 heavy (non-hydrogen) atoms. The third-order valence-electron chi connectivity index (χ3n) is 2.96. The topological polar surface area (TPSA) is 153 Å². The predicted molar refractivity (Wildman–Crippen MR) is 93.0 cm³/mol. The van der Waals surface area contributed by atoms with Crippen molar-refractivity contribution in [3.8, 4) is 0 Å². The number of carbonyl (C=O) groups is 3. The molecule has 150 valence electrons. The molecule has 0 aliphatic rings. The molecular weight excluding hydrogens is 464 g/mol.